The molecule has 7 heteroatoms. The zero-order valence-electron chi connectivity index (χ0n) is 11.2. The molecule has 6 nitrogen and oxygen atoms in total. The molecule has 1 aromatic rings. The Morgan fingerprint density at radius 1 is 1.35 bits per heavy atom. The van der Waals surface area contributed by atoms with E-state index < -0.39 is 16.0 Å². The van der Waals surface area contributed by atoms with Crippen molar-refractivity contribution in [3.05, 3.63) is 29.8 Å². The molecule has 0 aromatic heterocycles. The molecule has 110 valence electrons. The Morgan fingerprint density at radius 3 is 2.55 bits per heavy atom. The van der Waals surface area contributed by atoms with Gasteiger partial charge < -0.3 is 9.84 Å². The number of carboxylic acid groups (broad SMARTS) is 1. The summed E-state index contributed by atoms with van der Waals surface area (Å²) in [7, 11) is -2.02. The summed E-state index contributed by atoms with van der Waals surface area (Å²) < 4.78 is 31.5. The van der Waals surface area contributed by atoms with Crippen LogP contribution >= 0.6 is 0 Å². The quantitative estimate of drug-likeness (QED) is 0.902. The summed E-state index contributed by atoms with van der Waals surface area (Å²) in [4.78, 5) is 10.9. The molecule has 0 atom stereocenters. The molecular formula is C13H17NO5S. The average molecular weight is 299 g/mol. The molecule has 0 amide bonds. The van der Waals surface area contributed by atoms with Gasteiger partial charge in [0.1, 0.15) is 0 Å². The van der Waals surface area contributed by atoms with Crippen molar-refractivity contribution in [2.45, 2.75) is 23.8 Å². The second-order valence-electron chi connectivity index (χ2n) is 4.67. The van der Waals surface area contributed by atoms with Gasteiger partial charge in [-0.05, 0) is 31.0 Å². The monoisotopic (exact) mass is 299 g/mol. The number of nitrogens with zero attached hydrogens (tertiary/aromatic N) is 1. The minimum atomic E-state index is -3.64. The van der Waals surface area contributed by atoms with Gasteiger partial charge in [-0.1, -0.05) is 6.07 Å². The van der Waals surface area contributed by atoms with E-state index in [2.05, 4.69) is 0 Å². The minimum Gasteiger partial charge on any atom is -0.478 e. The SMILES string of the molecule is COC1CCN(S(=O)(=O)c2cccc(C(=O)O)c2)CC1. The topological polar surface area (TPSA) is 83.9 Å². The lowest BCUT2D eigenvalue weighted by Gasteiger charge is -2.30. The third-order valence-corrected chi connectivity index (χ3v) is 5.35. The van der Waals surface area contributed by atoms with Crippen LogP contribution < -0.4 is 0 Å². The number of ether oxygens (including phenoxy) is 1. The maximum absolute atomic E-state index is 12.4. The molecule has 1 aromatic carbocycles. The van der Waals surface area contributed by atoms with E-state index in [-0.39, 0.29) is 16.6 Å². The van der Waals surface area contributed by atoms with Crippen molar-refractivity contribution in [1.82, 2.24) is 4.31 Å². The zero-order chi connectivity index (χ0) is 14.8. The summed E-state index contributed by atoms with van der Waals surface area (Å²) in [6, 6.07) is 5.43. The molecule has 2 rings (SSSR count). The van der Waals surface area contributed by atoms with Gasteiger partial charge in [-0.25, -0.2) is 13.2 Å². The highest BCUT2D eigenvalue weighted by atomic mass is 32.2. The summed E-state index contributed by atoms with van der Waals surface area (Å²) in [6.45, 7) is 0.774. The Morgan fingerprint density at radius 2 is 2.00 bits per heavy atom. The summed E-state index contributed by atoms with van der Waals surface area (Å²) >= 11 is 0. The number of sulfonamides is 1. The first-order chi connectivity index (χ1) is 9.45. The number of piperidine rings is 1. The normalized spacial score (nSPS) is 18.1. The average Bonchev–Trinajstić information content (AvgIpc) is 2.47. The third kappa shape index (κ3) is 3.00. The van der Waals surface area contributed by atoms with Gasteiger partial charge in [0.25, 0.3) is 0 Å². The number of benzene rings is 1. The van der Waals surface area contributed by atoms with Gasteiger partial charge in [0.2, 0.25) is 10.0 Å². The molecule has 1 fully saturated rings. The van der Waals surface area contributed by atoms with Crippen LogP contribution in [0.3, 0.4) is 0 Å². The number of hydrogen-bond donors (Lipinski definition) is 1. The lowest BCUT2D eigenvalue weighted by molar-refractivity contribution is 0.0604. The molecule has 0 saturated carbocycles. The number of carbonyl (C=O) groups is 1. The molecule has 1 aliphatic rings. The largest absolute Gasteiger partial charge is 0.478 e. The van der Waals surface area contributed by atoms with Crippen LogP contribution in [0.15, 0.2) is 29.2 Å². The van der Waals surface area contributed by atoms with Crippen molar-refractivity contribution in [3.8, 4) is 0 Å². The van der Waals surface area contributed by atoms with E-state index in [4.69, 9.17) is 9.84 Å². The van der Waals surface area contributed by atoms with Gasteiger partial charge in [-0.3, -0.25) is 0 Å². The first kappa shape index (κ1) is 15.0. The van der Waals surface area contributed by atoms with Gasteiger partial charge in [-0.15, -0.1) is 0 Å². The van der Waals surface area contributed by atoms with E-state index in [0.717, 1.165) is 0 Å². The number of hydrogen-bond acceptors (Lipinski definition) is 4. The van der Waals surface area contributed by atoms with E-state index in [1.54, 1.807) is 7.11 Å². The molecule has 1 heterocycles. The van der Waals surface area contributed by atoms with Crippen LogP contribution in [0.2, 0.25) is 0 Å². The van der Waals surface area contributed by atoms with Crippen LogP contribution in [0.5, 0.6) is 0 Å². The molecule has 20 heavy (non-hydrogen) atoms. The minimum absolute atomic E-state index is 0.0215. The predicted octanol–water partition coefficient (Wildman–Crippen LogP) is 1.18. The highest BCUT2D eigenvalue weighted by Gasteiger charge is 2.29. The number of aromatic carboxylic acids is 1. The Hall–Kier alpha value is -1.44. The van der Waals surface area contributed by atoms with E-state index in [1.165, 1.54) is 28.6 Å². The molecular weight excluding hydrogens is 282 g/mol. The highest BCUT2D eigenvalue weighted by molar-refractivity contribution is 7.89. The first-order valence-corrected chi connectivity index (χ1v) is 7.75. The fourth-order valence-corrected chi connectivity index (χ4v) is 3.76. The van der Waals surface area contributed by atoms with Gasteiger partial charge in [0, 0.05) is 20.2 Å². The van der Waals surface area contributed by atoms with E-state index in [0.29, 0.717) is 25.9 Å². The fourth-order valence-electron chi connectivity index (χ4n) is 2.25. The summed E-state index contributed by atoms with van der Waals surface area (Å²) in [6.07, 6.45) is 1.38. The summed E-state index contributed by atoms with van der Waals surface area (Å²) in [5, 5.41) is 8.93. The Labute approximate surface area is 118 Å². The molecule has 1 aliphatic heterocycles. The van der Waals surface area contributed by atoms with Crippen LogP contribution in [0, 0.1) is 0 Å². The van der Waals surface area contributed by atoms with Crippen LogP contribution in [0.4, 0.5) is 0 Å². The van der Waals surface area contributed by atoms with Crippen molar-refractivity contribution in [1.29, 1.82) is 0 Å². The molecule has 1 N–H and O–H groups in total. The summed E-state index contributed by atoms with van der Waals surface area (Å²) in [5.41, 5.74) is -0.0298. The Kier molecular flexibility index (Phi) is 4.42. The van der Waals surface area contributed by atoms with Crippen molar-refractivity contribution >= 4 is 16.0 Å². The predicted molar refractivity (Wildman–Crippen MR) is 72.2 cm³/mol. The first-order valence-electron chi connectivity index (χ1n) is 6.31. The van der Waals surface area contributed by atoms with Gasteiger partial charge in [0.15, 0.2) is 0 Å². The Balaban J connectivity index is 2.23. The molecule has 0 radical (unpaired) electrons. The second-order valence-corrected chi connectivity index (χ2v) is 6.61. The van der Waals surface area contributed by atoms with Crippen LogP contribution in [-0.4, -0.2) is 50.1 Å². The van der Waals surface area contributed by atoms with Crippen molar-refractivity contribution < 1.29 is 23.1 Å². The highest BCUT2D eigenvalue weighted by Crippen LogP contribution is 2.22. The summed E-state index contributed by atoms with van der Waals surface area (Å²) in [5.74, 6) is -1.14. The maximum Gasteiger partial charge on any atom is 0.335 e. The second kappa shape index (κ2) is 5.90. The van der Waals surface area contributed by atoms with Gasteiger partial charge >= 0.3 is 5.97 Å². The van der Waals surface area contributed by atoms with E-state index in [9.17, 15) is 13.2 Å². The van der Waals surface area contributed by atoms with Crippen molar-refractivity contribution in [2.24, 2.45) is 0 Å². The molecule has 0 bridgehead atoms. The van der Waals surface area contributed by atoms with Gasteiger partial charge in [-0.2, -0.15) is 4.31 Å². The number of carboxylic acids is 1. The smallest absolute Gasteiger partial charge is 0.335 e. The van der Waals surface area contributed by atoms with Gasteiger partial charge in [0.05, 0.1) is 16.6 Å². The van der Waals surface area contributed by atoms with Crippen molar-refractivity contribution in [2.75, 3.05) is 20.2 Å². The zero-order valence-corrected chi connectivity index (χ0v) is 12.0. The molecule has 0 spiro atoms. The van der Waals surface area contributed by atoms with Crippen LogP contribution in [-0.2, 0) is 14.8 Å². The number of rotatable bonds is 4. The lowest BCUT2D eigenvalue weighted by Crippen LogP contribution is -2.40. The van der Waals surface area contributed by atoms with Crippen molar-refractivity contribution in [3.63, 3.8) is 0 Å². The van der Waals surface area contributed by atoms with Crippen LogP contribution in [0.1, 0.15) is 23.2 Å². The fraction of sp³-hybridized carbons (Fsp3) is 0.462. The maximum atomic E-state index is 12.4. The van der Waals surface area contributed by atoms with E-state index >= 15 is 0 Å². The third-order valence-electron chi connectivity index (χ3n) is 3.45. The molecule has 1 saturated heterocycles. The van der Waals surface area contributed by atoms with Crippen LogP contribution in [0.25, 0.3) is 0 Å². The Bertz CT molecular complexity index is 591. The molecule has 0 unspecified atom stereocenters. The number of methoxy groups -OCH3 is 1. The van der Waals surface area contributed by atoms with E-state index in [1.807, 2.05) is 0 Å². The lowest BCUT2D eigenvalue weighted by atomic mass is 10.1. The molecule has 0 aliphatic carbocycles. The standard InChI is InChI=1S/C13H17NO5S/c1-19-11-5-7-14(8-6-11)20(17,18)12-4-2-3-10(9-12)13(15)16/h2-4,9,11H,5-8H2,1H3,(H,15,16).